The lowest BCUT2D eigenvalue weighted by molar-refractivity contribution is 0.141. The smallest absolute Gasteiger partial charge is 0.280 e. The van der Waals surface area contributed by atoms with Crippen LogP contribution in [0.25, 0.3) is 5.69 Å². The Morgan fingerprint density at radius 3 is 2.71 bits per heavy atom. The maximum atomic E-state index is 13.4. The van der Waals surface area contributed by atoms with Gasteiger partial charge in [-0.15, -0.1) is 0 Å². The van der Waals surface area contributed by atoms with Gasteiger partial charge in [0.15, 0.2) is 0 Å². The van der Waals surface area contributed by atoms with E-state index in [-0.39, 0.29) is 10.7 Å². The fourth-order valence-electron chi connectivity index (χ4n) is 2.15. The lowest BCUT2D eigenvalue weighted by Gasteiger charge is -2.11. The molecule has 1 aliphatic carbocycles. The van der Waals surface area contributed by atoms with Gasteiger partial charge in [-0.2, -0.15) is 5.10 Å². The van der Waals surface area contributed by atoms with Crippen LogP contribution in [0.15, 0.2) is 24.4 Å². The van der Waals surface area contributed by atoms with E-state index in [2.05, 4.69) is 10.4 Å². The van der Waals surface area contributed by atoms with Gasteiger partial charge in [0, 0.05) is 23.2 Å². The van der Waals surface area contributed by atoms with Crippen LogP contribution in [-0.2, 0) is 6.54 Å². The summed E-state index contributed by atoms with van der Waals surface area (Å²) in [5.41, 5.74) is 0.754. The number of halogens is 4. The van der Waals surface area contributed by atoms with Crippen molar-refractivity contribution in [3.63, 3.8) is 0 Å². The van der Waals surface area contributed by atoms with Gasteiger partial charge in [0.2, 0.25) is 0 Å². The predicted octanol–water partition coefficient (Wildman–Crippen LogP) is 4.37. The molecule has 112 valence electrons. The molecule has 0 amide bonds. The van der Waals surface area contributed by atoms with Gasteiger partial charge in [0.25, 0.3) is 6.43 Å². The maximum absolute atomic E-state index is 13.4. The SMILES string of the molecule is FC(F)c1c(CNC2CC2)cnn1-c1ccc(Cl)cc1Cl. The van der Waals surface area contributed by atoms with Crippen LogP contribution in [-0.4, -0.2) is 15.8 Å². The van der Waals surface area contributed by atoms with Crippen molar-refractivity contribution < 1.29 is 8.78 Å². The van der Waals surface area contributed by atoms with Crippen LogP contribution >= 0.6 is 23.2 Å². The van der Waals surface area contributed by atoms with Crippen LogP contribution in [0.1, 0.15) is 30.5 Å². The summed E-state index contributed by atoms with van der Waals surface area (Å²) in [7, 11) is 0. The molecule has 0 unspecified atom stereocenters. The summed E-state index contributed by atoms with van der Waals surface area (Å²) in [6.45, 7) is 0.384. The quantitative estimate of drug-likeness (QED) is 0.881. The Morgan fingerprint density at radius 1 is 1.33 bits per heavy atom. The van der Waals surface area contributed by atoms with Crippen molar-refractivity contribution >= 4 is 23.2 Å². The Kier molecular flexibility index (Phi) is 4.15. The standard InChI is InChI=1S/C14H13Cl2F2N3/c15-9-1-4-12(11(16)5-9)21-13(14(17)18)8(7-20-21)6-19-10-2-3-10/h1,4-5,7,10,14,19H,2-3,6H2. The number of rotatable bonds is 5. The van der Waals surface area contributed by atoms with Crippen molar-refractivity contribution in [3.05, 3.63) is 45.7 Å². The molecular formula is C14H13Cl2F2N3. The lowest BCUT2D eigenvalue weighted by atomic mass is 10.2. The minimum Gasteiger partial charge on any atom is -0.310 e. The summed E-state index contributed by atoms with van der Waals surface area (Å²) in [6.07, 6.45) is 1.03. The number of hydrogen-bond acceptors (Lipinski definition) is 2. The third-order valence-corrected chi connectivity index (χ3v) is 3.93. The molecule has 1 aromatic heterocycles. The topological polar surface area (TPSA) is 29.9 Å². The second kappa shape index (κ2) is 5.91. The molecule has 1 heterocycles. The van der Waals surface area contributed by atoms with E-state index in [0.29, 0.717) is 28.9 Å². The highest BCUT2D eigenvalue weighted by molar-refractivity contribution is 6.35. The zero-order valence-electron chi connectivity index (χ0n) is 11.0. The summed E-state index contributed by atoms with van der Waals surface area (Å²) in [5.74, 6) is 0. The lowest BCUT2D eigenvalue weighted by Crippen LogP contribution is -2.16. The molecule has 0 atom stereocenters. The number of aromatic nitrogens is 2. The minimum atomic E-state index is -2.63. The van der Waals surface area contributed by atoms with Crippen molar-refractivity contribution in [3.8, 4) is 5.69 Å². The number of hydrogen-bond donors (Lipinski definition) is 1. The van der Waals surface area contributed by atoms with Crippen LogP contribution < -0.4 is 5.32 Å². The van der Waals surface area contributed by atoms with Gasteiger partial charge in [-0.1, -0.05) is 23.2 Å². The van der Waals surface area contributed by atoms with E-state index in [1.165, 1.54) is 16.9 Å². The molecule has 1 N–H and O–H groups in total. The summed E-state index contributed by atoms with van der Waals surface area (Å²) in [5, 5.41) is 8.02. The average Bonchev–Trinajstić information content (AvgIpc) is 3.15. The number of nitrogens with zero attached hydrogens (tertiary/aromatic N) is 2. The fraction of sp³-hybridized carbons (Fsp3) is 0.357. The normalized spacial score (nSPS) is 14.9. The Morgan fingerprint density at radius 2 is 2.10 bits per heavy atom. The summed E-state index contributed by atoms with van der Waals surface area (Å²) in [4.78, 5) is 0. The van der Waals surface area contributed by atoms with Crippen molar-refractivity contribution in [2.75, 3.05) is 0 Å². The van der Waals surface area contributed by atoms with Gasteiger partial charge in [0.1, 0.15) is 5.69 Å². The summed E-state index contributed by atoms with van der Waals surface area (Å²) >= 11 is 11.9. The van der Waals surface area contributed by atoms with Gasteiger partial charge >= 0.3 is 0 Å². The maximum Gasteiger partial charge on any atom is 0.280 e. The van der Waals surface area contributed by atoms with Gasteiger partial charge in [-0.25, -0.2) is 13.5 Å². The van der Waals surface area contributed by atoms with E-state index < -0.39 is 6.43 Å². The van der Waals surface area contributed by atoms with Gasteiger partial charge in [0.05, 0.1) is 16.9 Å². The van der Waals surface area contributed by atoms with Crippen molar-refractivity contribution in [1.29, 1.82) is 0 Å². The summed E-state index contributed by atoms with van der Waals surface area (Å²) < 4.78 is 28.0. The average molecular weight is 332 g/mol. The Balaban J connectivity index is 1.96. The molecule has 1 saturated carbocycles. The van der Waals surface area contributed by atoms with E-state index in [9.17, 15) is 8.78 Å². The zero-order chi connectivity index (χ0) is 15.0. The molecule has 1 fully saturated rings. The second-order valence-electron chi connectivity index (χ2n) is 5.02. The van der Waals surface area contributed by atoms with Crippen LogP contribution in [0.4, 0.5) is 8.78 Å². The third-order valence-electron chi connectivity index (χ3n) is 3.39. The van der Waals surface area contributed by atoms with E-state index in [1.807, 2.05) is 0 Å². The highest BCUT2D eigenvalue weighted by Gasteiger charge is 2.25. The first kappa shape index (κ1) is 14.8. The first-order valence-corrected chi connectivity index (χ1v) is 7.35. The van der Waals surface area contributed by atoms with Crippen molar-refractivity contribution in [1.82, 2.24) is 15.1 Å². The first-order valence-electron chi connectivity index (χ1n) is 6.60. The number of nitrogens with one attached hydrogen (secondary N) is 1. The van der Waals surface area contributed by atoms with Gasteiger partial charge < -0.3 is 5.32 Å². The highest BCUT2D eigenvalue weighted by Crippen LogP contribution is 2.31. The monoisotopic (exact) mass is 331 g/mol. The molecule has 0 saturated heterocycles. The van der Waals surface area contributed by atoms with Crippen LogP contribution in [0.3, 0.4) is 0 Å². The van der Waals surface area contributed by atoms with E-state index in [4.69, 9.17) is 23.2 Å². The fourth-order valence-corrected chi connectivity index (χ4v) is 2.64. The molecule has 0 radical (unpaired) electrons. The Hall–Kier alpha value is -1.17. The minimum absolute atomic E-state index is 0.132. The Labute approximate surface area is 130 Å². The molecule has 3 nitrogen and oxygen atoms in total. The number of benzene rings is 1. The predicted molar refractivity (Wildman–Crippen MR) is 78.4 cm³/mol. The summed E-state index contributed by atoms with van der Waals surface area (Å²) in [6, 6.07) is 5.14. The molecule has 2 aromatic rings. The molecule has 0 spiro atoms. The first-order chi connectivity index (χ1) is 10.1. The molecule has 1 aromatic carbocycles. The van der Waals surface area contributed by atoms with Crippen LogP contribution in [0.2, 0.25) is 10.0 Å². The van der Waals surface area contributed by atoms with Gasteiger partial charge in [-0.05, 0) is 31.0 Å². The molecule has 3 rings (SSSR count). The van der Waals surface area contributed by atoms with Crippen LogP contribution in [0.5, 0.6) is 0 Å². The number of alkyl halides is 2. The third kappa shape index (κ3) is 3.20. The Bertz CT molecular complexity index is 654. The molecule has 21 heavy (non-hydrogen) atoms. The van der Waals surface area contributed by atoms with Crippen molar-refractivity contribution in [2.45, 2.75) is 31.9 Å². The second-order valence-corrected chi connectivity index (χ2v) is 5.86. The van der Waals surface area contributed by atoms with Crippen LogP contribution in [0, 0.1) is 0 Å². The van der Waals surface area contributed by atoms with Crippen molar-refractivity contribution in [2.24, 2.45) is 0 Å². The van der Waals surface area contributed by atoms with E-state index in [1.54, 1.807) is 12.1 Å². The van der Waals surface area contributed by atoms with Gasteiger partial charge in [-0.3, -0.25) is 0 Å². The molecule has 1 aliphatic rings. The van der Waals surface area contributed by atoms with E-state index >= 15 is 0 Å². The highest BCUT2D eigenvalue weighted by atomic mass is 35.5. The molecule has 7 heteroatoms. The molecular weight excluding hydrogens is 319 g/mol. The zero-order valence-corrected chi connectivity index (χ0v) is 12.5. The van der Waals surface area contributed by atoms with E-state index in [0.717, 1.165) is 12.8 Å². The largest absolute Gasteiger partial charge is 0.310 e. The molecule has 0 bridgehead atoms. The molecule has 0 aliphatic heterocycles.